The van der Waals surface area contributed by atoms with Crippen LogP contribution >= 0.6 is 0 Å². The molecule has 1 heterocycles. The average Bonchev–Trinajstić information content (AvgIpc) is 2.99. The van der Waals surface area contributed by atoms with Crippen LogP contribution < -0.4 is 5.32 Å². The Bertz CT molecular complexity index is 642. The molecular formula is C16H21FN4O2. The predicted octanol–water partition coefficient (Wildman–Crippen LogP) is 2.89. The number of methoxy groups -OCH3 is 1. The van der Waals surface area contributed by atoms with Gasteiger partial charge in [0, 0.05) is 20.4 Å². The number of carbonyl (C=O) groups is 1. The second-order valence-electron chi connectivity index (χ2n) is 5.25. The van der Waals surface area contributed by atoms with Gasteiger partial charge in [-0.1, -0.05) is 12.1 Å². The highest BCUT2D eigenvalue weighted by atomic mass is 19.1. The lowest BCUT2D eigenvalue weighted by Gasteiger charge is -2.25. The van der Waals surface area contributed by atoms with E-state index in [4.69, 9.17) is 4.74 Å². The largest absolute Gasteiger partial charge is 0.383 e. The molecule has 0 bridgehead atoms. The molecule has 124 valence electrons. The summed E-state index contributed by atoms with van der Waals surface area (Å²) in [4.78, 5) is 13.9. The summed E-state index contributed by atoms with van der Waals surface area (Å²) in [5, 5.41) is 6.93. The number of urea groups is 1. The average molecular weight is 320 g/mol. The van der Waals surface area contributed by atoms with Gasteiger partial charge in [0.2, 0.25) is 0 Å². The predicted molar refractivity (Wildman–Crippen MR) is 85.7 cm³/mol. The molecule has 23 heavy (non-hydrogen) atoms. The van der Waals surface area contributed by atoms with Crippen molar-refractivity contribution in [3.63, 3.8) is 0 Å². The molecule has 2 amide bonds. The van der Waals surface area contributed by atoms with Gasteiger partial charge in [0.25, 0.3) is 0 Å². The van der Waals surface area contributed by atoms with E-state index in [0.717, 1.165) is 5.56 Å². The quantitative estimate of drug-likeness (QED) is 0.890. The van der Waals surface area contributed by atoms with Crippen molar-refractivity contribution in [3.05, 3.63) is 48.0 Å². The van der Waals surface area contributed by atoms with Crippen molar-refractivity contribution in [1.82, 2.24) is 14.7 Å². The molecule has 7 heteroatoms. The Morgan fingerprint density at radius 1 is 1.43 bits per heavy atom. The number of halogens is 1. The molecule has 0 saturated carbocycles. The van der Waals surface area contributed by atoms with E-state index in [-0.39, 0.29) is 17.9 Å². The number of amides is 2. The van der Waals surface area contributed by atoms with Gasteiger partial charge in [-0.3, -0.25) is 4.68 Å². The zero-order valence-electron chi connectivity index (χ0n) is 13.5. The van der Waals surface area contributed by atoms with Crippen molar-refractivity contribution in [2.75, 3.05) is 26.1 Å². The van der Waals surface area contributed by atoms with Crippen LogP contribution in [-0.2, 0) is 11.3 Å². The number of carbonyl (C=O) groups excluding carboxylic acids is 1. The van der Waals surface area contributed by atoms with Crippen LogP contribution in [0.5, 0.6) is 0 Å². The molecule has 1 N–H and O–H groups in total. The van der Waals surface area contributed by atoms with Crippen molar-refractivity contribution in [3.8, 4) is 0 Å². The summed E-state index contributed by atoms with van der Waals surface area (Å²) >= 11 is 0. The Morgan fingerprint density at radius 2 is 2.13 bits per heavy atom. The molecule has 0 aliphatic heterocycles. The van der Waals surface area contributed by atoms with Crippen LogP contribution in [0.25, 0.3) is 0 Å². The number of hydrogen-bond acceptors (Lipinski definition) is 3. The number of anilines is 1. The fourth-order valence-electron chi connectivity index (χ4n) is 2.09. The Hall–Kier alpha value is -2.41. The van der Waals surface area contributed by atoms with E-state index in [0.29, 0.717) is 18.8 Å². The molecule has 1 aromatic carbocycles. The molecule has 6 nitrogen and oxygen atoms in total. The Morgan fingerprint density at radius 3 is 2.78 bits per heavy atom. The first-order valence-corrected chi connectivity index (χ1v) is 7.32. The summed E-state index contributed by atoms with van der Waals surface area (Å²) < 4.78 is 19.7. The maximum absolute atomic E-state index is 13.0. The highest BCUT2D eigenvalue weighted by molar-refractivity contribution is 5.89. The van der Waals surface area contributed by atoms with Gasteiger partial charge in [-0.15, -0.1) is 0 Å². The van der Waals surface area contributed by atoms with E-state index < -0.39 is 0 Å². The molecule has 0 unspecified atom stereocenters. The third kappa shape index (κ3) is 4.53. The highest BCUT2D eigenvalue weighted by Gasteiger charge is 2.18. The lowest BCUT2D eigenvalue weighted by Crippen LogP contribution is -2.33. The molecule has 0 aliphatic rings. The van der Waals surface area contributed by atoms with Crippen molar-refractivity contribution in [1.29, 1.82) is 0 Å². The standard InChI is InChI=1S/C16H21FN4O2/c1-12(13-4-6-14(17)7-5-13)20(2)16(22)19-15-10-18-21(11-15)8-9-23-3/h4-7,10-12H,8-9H2,1-3H3,(H,19,22)/t12-/m1/s1. The first-order valence-electron chi connectivity index (χ1n) is 7.32. The van der Waals surface area contributed by atoms with Crippen LogP contribution in [0.15, 0.2) is 36.7 Å². The zero-order valence-corrected chi connectivity index (χ0v) is 13.5. The fourth-order valence-corrected chi connectivity index (χ4v) is 2.09. The van der Waals surface area contributed by atoms with Crippen molar-refractivity contribution in [2.45, 2.75) is 19.5 Å². The van der Waals surface area contributed by atoms with Crippen LogP contribution in [-0.4, -0.2) is 41.5 Å². The van der Waals surface area contributed by atoms with Crippen LogP contribution in [0, 0.1) is 5.82 Å². The normalized spacial score (nSPS) is 12.0. The van der Waals surface area contributed by atoms with Gasteiger partial charge < -0.3 is 15.0 Å². The number of ether oxygens (including phenoxy) is 1. The zero-order chi connectivity index (χ0) is 16.8. The second kappa shape index (κ2) is 7.73. The monoisotopic (exact) mass is 320 g/mol. The van der Waals surface area contributed by atoms with E-state index in [1.165, 1.54) is 12.1 Å². The molecule has 0 saturated heterocycles. The molecule has 1 atom stereocenters. The summed E-state index contributed by atoms with van der Waals surface area (Å²) in [7, 11) is 3.32. The third-order valence-corrected chi connectivity index (χ3v) is 3.66. The van der Waals surface area contributed by atoms with Gasteiger partial charge >= 0.3 is 6.03 Å². The first-order chi connectivity index (χ1) is 11.0. The van der Waals surface area contributed by atoms with E-state index in [9.17, 15) is 9.18 Å². The molecule has 0 fully saturated rings. The van der Waals surface area contributed by atoms with Crippen LogP contribution in [0.2, 0.25) is 0 Å². The van der Waals surface area contributed by atoms with Gasteiger partial charge in [-0.2, -0.15) is 5.10 Å². The molecule has 0 aliphatic carbocycles. The van der Waals surface area contributed by atoms with Crippen molar-refractivity contribution in [2.24, 2.45) is 0 Å². The number of aromatic nitrogens is 2. The molecule has 0 spiro atoms. The summed E-state index contributed by atoms with van der Waals surface area (Å²) in [6.07, 6.45) is 3.33. The Balaban J connectivity index is 1.96. The summed E-state index contributed by atoms with van der Waals surface area (Å²) in [6, 6.07) is 5.68. The Kier molecular flexibility index (Phi) is 5.70. The van der Waals surface area contributed by atoms with Gasteiger partial charge in [0.1, 0.15) is 5.82 Å². The SMILES string of the molecule is COCCn1cc(NC(=O)N(C)[C@H](C)c2ccc(F)cc2)cn1. The van der Waals surface area contributed by atoms with Gasteiger partial charge in [0.15, 0.2) is 0 Å². The van der Waals surface area contributed by atoms with E-state index in [1.807, 2.05) is 6.92 Å². The lowest BCUT2D eigenvalue weighted by atomic mass is 10.1. The van der Waals surface area contributed by atoms with Gasteiger partial charge in [-0.25, -0.2) is 9.18 Å². The number of rotatable bonds is 6. The molecular weight excluding hydrogens is 299 g/mol. The summed E-state index contributed by atoms with van der Waals surface area (Å²) in [6.45, 7) is 3.06. The minimum atomic E-state index is -0.295. The molecule has 2 rings (SSSR count). The third-order valence-electron chi connectivity index (χ3n) is 3.66. The van der Waals surface area contributed by atoms with Crippen molar-refractivity contribution < 1.29 is 13.9 Å². The number of nitrogens with zero attached hydrogens (tertiary/aromatic N) is 3. The van der Waals surface area contributed by atoms with Gasteiger partial charge in [-0.05, 0) is 24.6 Å². The van der Waals surface area contributed by atoms with E-state index in [1.54, 1.807) is 48.3 Å². The number of hydrogen-bond donors (Lipinski definition) is 1. The maximum Gasteiger partial charge on any atom is 0.322 e. The Labute approximate surface area is 134 Å². The van der Waals surface area contributed by atoms with Crippen LogP contribution in [0.4, 0.5) is 14.9 Å². The maximum atomic E-state index is 13.0. The minimum Gasteiger partial charge on any atom is -0.383 e. The number of nitrogens with one attached hydrogen (secondary N) is 1. The smallest absolute Gasteiger partial charge is 0.322 e. The summed E-state index contributed by atoms with van der Waals surface area (Å²) in [5.74, 6) is -0.295. The van der Waals surface area contributed by atoms with Crippen LogP contribution in [0.3, 0.4) is 0 Å². The molecule has 2 aromatic rings. The number of benzene rings is 1. The summed E-state index contributed by atoms with van der Waals surface area (Å²) in [5.41, 5.74) is 1.48. The molecule has 1 aromatic heterocycles. The lowest BCUT2D eigenvalue weighted by molar-refractivity contribution is 0.183. The highest BCUT2D eigenvalue weighted by Crippen LogP contribution is 2.20. The first kappa shape index (κ1) is 17.0. The van der Waals surface area contributed by atoms with E-state index in [2.05, 4.69) is 10.4 Å². The van der Waals surface area contributed by atoms with Crippen LogP contribution in [0.1, 0.15) is 18.5 Å². The molecule has 0 radical (unpaired) electrons. The second-order valence-corrected chi connectivity index (χ2v) is 5.25. The van der Waals surface area contributed by atoms with Gasteiger partial charge in [0.05, 0.1) is 31.1 Å². The van der Waals surface area contributed by atoms with E-state index >= 15 is 0 Å². The van der Waals surface area contributed by atoms with Crippen molar-refractivity contribution >= 4 is 11.7 Å². The fraction of sp³-hybridized carbons (Fsp3) is 0.375. The minimum absolute atomic E-state index is 0.181. The topological polar surface area (TPSA) is 59.4 Å².